The number of hydrogen-bond donors (Lipinski definition) is 6. The van der Waals surface area contributed by atoms with Crippen LogP contribution in [0.4, 0.5) is 0 Å². The molecule has 1 fully saturated rings. The van der Waals surface area contributed by atoms with Gasteiger partial charge in [0.2, 0.25) is 5.91 Å². The maximum atomic E-state index is 13.0. The maximum Gasteiger partial charge on any atom is 0.397 e. The minimum atomic E-state index is -5.08. The second-order valence-electron chi connectivity index (χ2n) is 16.3. The third-order valence-electron chi connectivity index (χ3n) is 11.0. The van der Waals surface area contributed by atoms with Crippen molar-refractivity contribution in [3.8, 4) is 0 Å². The minimum Gasteiger partial charge on any atom is -0.394 e. The Morgan fingerprint density at radius 3 is 1.55 bits per heavy atom. The molecule has 0 aromatic rings. The largest absolute Gasteiger partial charge is 0.397 e. The zero-order valence-electron chi connectivity index (χ0n) is 36.4. The van der Waals surface area contributed by atoms with E-state index in [4.69, 9.17) is 9.47 Å². The number of aliphatic hydroxyl groups excluding tert-OH is 4. The monoisotopic (exact) mass is 848 g/mol. The van der Waals surface area contributed by atoms with E-state index >= 15 is 0 Å². The number of amides is 1. The fraction of sp³-hybridized carbons (Fsp3) is 0.889. The maximum absolute atomic E-state index is 13.0. The van der Waals surface area contributed by atoms with Crippen molar-refractivity contribution in [1.29, 1.82) is 0 Å². The molecular weight excluding hydrogens is 763 g/mol. The molecule has 1 heterocycles. The number of carbonyl (C=O) groups is 1. The Kier molecular flexibility index (Phi) is 34.1. The van der Waals surface area contributed by atoms with Gasteiger partial charge in [0, 0.05) is 6.42 Å². The Hall–Kier alpha value is -1.42. The quantitative estimate of drug-likeness (QED) is 0.0197. The Morgan fingerprint density at radius 2 is 1.10 bits per heavy atom. The molecule has 1 amide bonds. The second kappa shape index (κ2) is 36.3. The number of allylic oxidation sites excluding steroid dienone is 3. The lowest BCUT2D eigenvalue weighted by molar-refractivity contribution is -0.298. The van der Waals surface area contributed by atoms with Gasteiger partial charge in [-0.1, -0.05) is 173 Å². The van der Waals surface area contributed by atoms with Crippen LogP contribution in [0.1, 0.15) is 200 Å². The Balaban J connectivity index is 2.54. The standard InChI is InChI=1S/C45H85NO11S/c1-3-5-7-9-11-13-15-17-19-21-23-25-27-29-31-33-35-41(49)46-38(37-55-45-43(51)44(57-58(52,53)54)42(50)40(36-47)56-45)39(48)34-32-30-28-26-24-22-20-18-16-14-12-10-8-6-4-2/h19,21,32,34,38-40,42-45,47-48,50-51H,3-18,20,22-31,33,35-37H2,1-2H3,(H,46,49)(H,52,53,54)/b21-19-,34-32+. The predicted molar refractivity (Wildman–Crippen MR) is 232 cm³/mol. The lowest BCUT2D eigenvalue weighted by Crippen LogP contribution is -2.61. The van der Waals surface area contributed by atoms with Crippen LogP contribution in [0.2, 0.25) is 0 Å². The lowest BCUT2D eigenvalue weighted by Gasteiger charge is -2.41. The second-order valence-corrected chi connectivity index (χ2v) is 17.4. The molecule has 1 rings (SSSR count). The molecule has 1 aliphatic rings. The molecule has 0 aromatic heterocycles. The SMILES string of the molecule is CCCCCCCCC/C=C\CCCCCCCC(=O)NC(COC1OC(CO)C(O)C(OS(=O)(=O)O)C1O)C(O)/C=C/CCCCCCCCCCCCCCC. The molecule has 1 aliphatic heterocycles. The summed E-state index contributed by atoms with van der Waals surface area (Å²) in [5.74, 6) is -0.271. The molecule has 1 saturated heterocycles. The molecule has 0 saturated carbocycles. The van der Waals surface area contributed by atoms with E-state index in [0.717, 1.165) is 57.8 Å². The molecule has 12 nitrogen and oxygen atoms in total. The van der Waals surface area contributed by atoms with E-state index in [1.165, 1.54) is 116 Å². The summed E-state index contributed by atoms with van der Waals surface area (Å²) in [4.78, 5) is 13.0. The summed E-state index contributed by atoms with van der Waals surface area (Å²) in [6.45, 7) is 3.37. The lowest BCUT2D eigenvalue weighted by atomic mass is 9.99. The molecule has 342 valence electrons. The van der Waals surface area contributed by atoms with Crippen LogP contribution in [0.15, 0.2) is 24.3 Å². The molecule has 58 heavy (non-hydrogen) atoms. The molecule has 7 unspecified atom stereocenters. The highest BCUT2D eigenvalue weighted by atomic mass is 32.3. The van der Waals surface area contributed by atoms with Crippen LogP contribution in [0.5, 0.6) is 0 Å². The van der Waals surface area contributed by atoms with Gasteiger partial charge in [-0.25, -0.2) is 4.18 Å². The zero-order valence-corrected chi connectivity index (χ0v) is 37.2. The van der Waals surface area contributed by atoms with E-state index in [1.807, 2.05) is 6.08 Å². The number of ether oxygens (including phenoxy) is 2. The number of rotatable bonds is 39. The molecule has 13 heteroatoms. The molecule has 0 radical (unpaired) electrons. The first-order valence-corrected chi connectivity index (χ1v) is 24.6. The van der Waals surface area contributed by atoms with E-state index < -0.39 is 59.9 Å². The molecule has 0 spiro atoms. The Bertz CT molecular complexity index is 1140. The van der Waals surface area contributed by atoms with Crippen molar-refractivity contribution in [2.75, 3.05) is 13.2 Å². The number of aliphatic hydroxyl groups is 4. The summed E-state index contributed by atoms with van der Waals surface area (Å²) in [5.41, 5.74) is 0. The summed E-state index contributed by atoms with van der Waals surface area (Å²) in [7, 11) is -5.08. The predicted octanol–water partition coefficient (Wildman–Crippen LogP) is 8.94. The molecule has 0 aromatic carbocycles. The first-order valence-electron chi connectivity index (χ1n) is 23.2. The van der Waals surface area contributed by atoms with E-state index in [9.17, 15) is 38.2 Å². The van der Waals surface area contributed by atoms with Crippen LogP contribution >= 0.6 is 0 Å². The third-order valence-corrected chi connectivity index (χ3v) is 11.4. The molecule has 7 atom stereocenters. The normalized spacial score (nSPS) is 21.3. The van der Waals surface area contributed by atoms with Crippen molar-refractivity contribution in [1.82, 2.24) is 5.32 Å². The van der Waals surface area contributed by atoms with Crippen molar-refractivity contribution in [3.05, 3.63) is 24.3 Å². The average molecular weight is 848 g/mol. The third kappa shape index (κ3) is 28.9. The van der Waals surface area contributed by atoms with Gasteiger partial charge in [0.25, 0.3) is 0 Å². The highest BCUT2D eigenvalue weighted by Crippen LogP contribution is 2.26. The Morgan fingerprint density at radius 1 is 0.672 bits per heavy atom. The van der Waals surface area contributed by atoms with Gasteiger partial charge in [-0.3, -0.25) is 9.35 Å². The topological polar surface area (TPSA) is 192 Å². The van der Waals surface area contributed by atoms with Crippen molar-refractivity contribution < 1.29 is 51.8 Å². The van der Waals surface area contributed by atoms with Crippen LogP contribution in [0, 0.1) is 0 Å². The van der Waals surface area contributed by atoms with Gasteiger partial charge in [0.1, 0.15) is 24.4 Å². The molecule has 6 N–H and O–H groups in total. The number of hydrogen-bond acceptors (Lipinski definition) is 10. The first-order chi connectivity index (χ1) is 28.0. The fourth-order valence-electron chi connectivity index (χ4n) is 7.33. The van der Waals surface area contributed by atoms with Crippen molar-refractivity contribution in [2.45, 2.75) is 243 Å². The molecular formula is C45H85NO11S. The number of nitrogens with one attached hydrogen (secondary N) is 1. The van der Waals surface area contributed by atoms with Gasteiger partial charge in [-0.15, -0.1) is 0 Å². The van der Waals surface area contributed by atoms with Gasteiger partial charge < -0.3 is 35.2 Å². The van der Waals surface area contributed by atoms with Gasteiger partial charge in [-0.2, -0.15) is 8.42 Å². The molecule has 0 bridgehead atoms. The van der Waals surface area contributed by atoms with Gasteiger partial charge in [0.05, 0.1) is 25.4 Å². The van der Waals surface area contributed by atoms with E-state index in [2.05, 4.69) is 35.5 Å². The van der Waals surface area contributed by atoms with Gasteiger partial charge in [0.15, 0.2) is 6.29 Å². The highest BCUT2D eigenvalue weighted by molar-refractivity contribution is 7.80. The van der Waals surface area contributed by atoms with Gasteiger partial charge in [-0.05, 0) is 44.9 Å². The highest BCUT2D eigenvalue weighted by Gasteiger charge is 2.48. The van der Waals surface area contributed by atoms with E-state index in [1.54, 1.807) is 6.08 Å². The summed E-state index contributed by atoms with van der Waals surface area (Å²) in [5, 5.41) is 44.7. The Labute approximate surface area is 352 Å². The van der Waals surface area contributed by atoms with E-state index in [-0.39, 0.29) is 18.9 Å². The summed E-state index contributed by atoms with van der Waals surface area (Å²) in [6.07, 6.45) is 32.1. The average Bonchev–Trinajstić information content (AvgIpc) is 3.19. The van der Waals surface area contributed by atoms with Crippen molar-refractivity contribution in [3.63, 3.8) is 0 Å². The minimum absolute atomic E-state index is 0.260. The van der Waals surface area contributed by atoms with E-state index in [0.29, 0.717) is 6.42 Å². The number of unbranched alkanes of at least 4 members (excludes halogenated alkanes) is 25. The van der Waals surface area contributed by atoms with Crippen LogP contribution < -0.4 is 5.32 Å². The van der Waals surface area contributed by atoms with Crippen LogP contribution in [-0.2, 0) is 28.9 Å². The molecule has 0 aliphatic carbocycles. The smallest absolute Gasteiger partial charge is 0.394 e. The zero-order chi connectivity index (χ0) is 42.7. The fourth-order valence-corrected chi connectivity index (χ4v) is 7.84. The van der Waals surface area contributed by atoms with Crippen LogP contribution in [0.25, 0.3) is 0 Å². The summed E-state index contributed by atoms with van der Waals surface area (Å²) >= 11 is 0. The summed E-state index contributed by atoms with van der Waals surface area (Å²) < 4.78 is 47.6. The first kappa shape index (κ1) is 54.6. The van der Waals surface area contributed by atoms with Crippen LogP contribution in [0.3, 0.4) is 0 Å². The van der Waals surface area contributed by atoms with Gasteiger partial charge >= 0.3 is 10.4 Å². The van der Waals surface area contributed by atoms with Crippen molar-refractivity contribution in [2.24, 2.45) is 0 Å². The van der Waals surface area contributed by atoms with Crippen LogP contribution in [-0.4, -0.2) is 95.4 Å². The number of carbonyl (C=O) groups excluding carboxylic acids is 1. The summed E-state index contributed by atoms with van der Waals surface area (Å²) in [6, 6.07) is -0.945. The van der Waals surface area contributed by atoms with Crippen molar-refractivity contribution >= 4 is 16.3 Å².